The van der Waals surface area contributed by atoms with E-state index in [0.717, 1.165) is 29.7 Å². The molecule has 5 rings (SSSR count). The van der Waals surface area contributed by atoms with E-state index in [1.165, 1.54) is 29.4 Å². The summed E-state index contributed by atoms with van der Waals surface area (Å²) in [4.78, 5) is 28.1. The minimum Gasteiger partial charge on any atom is -0.361 e. The summed E-state index contributed by atoms with van der Waals surface area (Å²) in [5, 5.41) is 1.23. The number of aromatic amines is 1. The maximum atomic E-state index is 13.7. The van der Waals surface area contributed by atoms with Crippen LogP contribution < -0.4 is 0 Å². The molecule has 5 nitrogen and oxygen atoms in total. The number of hydrogen-bond acceptors (Lipinski definition) is 3. The number of rotatable bonds is 7. The number of H-pyrrole nitrogens is 1. The van der Waals surface area contributed by atoms with Gasteiger partial charge in [-0.3, -0.25) is 4.79 Å². The average Bonchev–Trinajstić information content (AvgIpc) is 3.54. The second-order valence-electron chi connectivity index (χ2n) is 8.85. The minimum absolute atomic E-state index is 0.0207. The minimum atomic E-state index is 0.0207. The van der Waals surface area contributed by atoms with Crippen LogP contribution in [-0.4, -0.2) is 38.8 Å². The molecule has 0 aliphatic heterocycles. The van der Waals surface area contributed by atoms with Gasteiger partial charge < -0.3 is 9.88 Å². The quantitative estimate of drug-likeness (QED) is 0.436. The van der Waals surface area contributed by atoms with Gasteiger partial charge in [0, 0.05) is 41.9 Å². The molecule has 1 saturated carbocycles. The Morgan fingerprint density at radius 1 is 1.09 bits per heavy atom. The van der Waals surface area contributed by atoms with Crippen molar-refractivity contribution in [2.45, 2.75) is 33.1 Å². The largest absolute Gasteiger partial charge is 0.361 e. The predicted molar refractivity (Wildman–Crippen MR) is 128 cm³/mol. The Hall–Kier alpha value is -3.47. The van der Waals surface area contributed by atoms with Gasteiger partial charge in [-0.05, 0) is 50.7 Å². The lowest BCUT2D eigenvalue weighted by atomic mass is 10.0. The number of carbonyl (C=O) groups is 1. The van der Waals surface area contributed by atoms with Crippen LogP contribution in [-0.2, 0) is 6.42 Å². The fourth-order valence-corrected chi connectivity index (χ4v) is 4.21. The fraction of sp³-hybridized carbons (Fsp3) is 0.296. The number of fused-ring (bicyclic) bond motifs is 1. The van der Waals surface area contributed by atoms with E-state index in [2.05, 4.69) is 58.4 Å². The molecule has 1 fully saturated rings. The topological polar surface area (TPSA) is 61.9 Å². The Balaban J connectivity index is 1.43. The molecule has 32 heavy (non-hydrogen) atoms. The monoisotopic (exact) mass is 424 g/mol. The van der Waals surface area contributed by atoms with E-state index in [4.69, 9.17) is 0 Å². The van der Waals surface area contributed by atoms with E-state index >= 15 is 0 Å². The molecule has 5 heteroatoms. The lowest BCUT2D eigenvalue weighted by Crippen LogP contribution is -2.35. The van der Waals surface area contributed by atoms with Crippen LogP contribution in [0.3, 0.4) is 0 Å². The predicted octanol–water partition coefficient (Wildman–Crippen LogP) is 5.34. The fourth-order valence-electron chi connectivity index (χ4n) is 4.21. The van der Waals surface area contributed by atoms with Crippen molar-refractivity contribution in [3.63, 3.8) is 0 Å². The van der Waals surface area contributed by atoms with Crippen LogP contribution in [0.1, 0.15) is 40.2 Å². The molecule has 1 aliphatic rings. The second kappa shape index (κ2) is 8.58. The lowest BCUT2D eigenvalue weighted by molar-refractivity contribution is 0.0749. The summed E-state index contributed by atoms with van der Waals surface area (Å²) < 4.78 is 0. The highest BCUT2D eigenvalue weighted by Crippen LogP contribution is 2.31. The van der Waals surface area contributed by atoms with E-state index in [1.807, 2.05) is 30.0 Å². The molecule has 162 valence electrons. The van der Waals surface area contributed by atoms with E-state index in [9.17, 15) is 4.79 Å². The average molecular weight is 425 g/mol. The van der Waals surface area contributed by atoms with E-state index in [0.29, 0.717) is 23.9 Å². The maximum absolute atomic E-state index is 13.7. The molecule has 1 N–H and O–H groups in total. The van der Waals surface area contributed by atoms with Crippen molar-refractivity contribution in [3.05, 3.63) is 83.4 Å². The van der Waals surface area contributed by atoms with Gasteiger partial charge in [-0.2, -0.15) is 0 Å². The standard InChI is InChI=1S/C27H28N4O/c1-18-7-11-21(12-8-18)26-24(16-28-19(2)30-26)27(32)31(17-20-9-10-20)14-13-22-15-29-25-6-4-3-5-23(22)25/h3-8,11-12,15-16,20,29H,9-10,13-14,17H2,1-2H3. The molecule has 0 radical (unpaired) electrons. The first-order chi connectivity index (χ1) is 15.6. The van der Waals surface area contributed by atoms with Crippen molar-refractivity contribution in [2.24, 2.45) is 5.92 Å². The Kier molecular flexibility index (Phi) is 5.48. The summed E-state index contributed by atoms with van der Waals surface area (Å²) in [6.45, 7) is 5.40. The van der Waals surface area contributed by atoms with Crippen molar-refractivity contribution in [3.8, 4) is 11.3 Å². The molecule has 0 spiro atoms. The van der Waals surface area contributed by atoms with Gasteiger partial charge in [0.25, 0.3) is 5.91 Å². The van der Waals surface area contributed by atoms with Crippen LogP contribution in [0.2, 0.25) is 0 Å². The first kappa shape index (κ1) is 20.4. The third-order valence-electron chi connectivity index (χ3n) is 6.25. The molecule has 0 bridgehead atoms. The van der Waals surface area contributed by atoms with Crippen LogP contribution >= 0.6 is 0 Å². The zero-order valence-electron chi connectivity index (χ0n) is 18.6. The normalized spacial score (nSPS) is 13.4. The number of amides is 1. The highest BCUT2D eigenvalue weighted by molar-refractivity contribution is 5.99. The van der Waals surface area contributed by atoms with Gasteiger partial charge in [0.1, 0.15) is 5.82 Å². The number of aryl methyl sites for hydroxylation is 2. The first-order valence-electron chi connectivity index (χ1n) is 11.3. The Labute approximate surface area is 188 Å². The number of nitrogens with zero attached hydrogens (tertiary/aromatic N) is 3. The highest BCUT2D eigenvalue weighted by atomic mass is 16.2. The molecule has 2 aromatic carbocycles. The summed E-state index contributed by atoms with van der Waals surface area (Å²) >= 11 is 0. The molecule has 1 aliphatic carbocycles. The second-order valence-corrected chi connectivity index (χ2v) is 8.85. The molecule has 4 aromatic rings. The number of aromatic nitrogens is 3. The van der Waals surface area contributed by atoms with Crippen LogP contribution in [0.25, 0.3) is 22.2 Å². The number of nitrogens with one attached hydrogen (secondary N) is 1. The van der Waals surface area contributed by atoms with Gasteiger partial charge in [0.2, 0.25) is 0 Å². The number of carbonyl (C=O) groups excluding carboxylic acids is 1. The Morgan fingerprint density at radius 2 is 1.88 bits per heavy atom. The first-order valence-corrected chi connectivity index (χ1v) is 11.3. The van der Waals surface area contributed by atoms with Gasteiger partial charge in [-0.1, -0.05) is 48.0 Å². The molecular formula is C27H28N4O. The molecule has 0 saturated heterocycles. The van der Waals surface area contributed by atoms with Gasteiger partial charge >= 0.3 is 0 Å². The van der Waals surface area contributed by atoms with Crippen LogP contribution in [0.5, 0.6) is 0 Å². The molecule has 2 heterocycles. The summed E-state index contributed by atoms with van der Waals surface area (Å²) in [6.07, 6.45) is 6.98. The SMILES string of the molecule is Cc1ccc(-c2nc(C)ncc2C(=O)N(CCc2c[nH]c3ccccc23)CC2CC2)cc1. The van der Waals surface area contributed by atoms with Crippen molar-refractivity contribution in [2.75, 3.05) is 13.1 Å². The highest BCUT2D eigenvalue weighted by Gasteiger charge is 2.29. The van der Waals surface area contributed by atoms with E-state index in [1.54, 1.807) is 6.20 Å². The third-order valence-corrected chi connectivity index (χ3v) is 6.25. The number of benzene rings is 2. The molecule has 0 unspecified atom stereocenters. The van der Waals surface area contributed by atoms with Gasteiger partial charge in [0.15, 0.2) is 0 Å². The van der Waals surface area contributed by atoms with Crippen molar-refractivity contribution >= 4 is 16.8 Å². The van der Waals surface area contributed by atoms with Crippen LogP contribution in [0, 0.1) is 19.8 Å². The van der Waals surface area contributed by atoms with Crippen molar-refractivity contribution in [1.82, 2.24) is 19.9 Å². The zero-order chi connectivity index (χ0) is 22.1. The zero-order valence-corrected chi connectivity index (χ0v) is 18.6. The number of hydrogen-bond donors (Lipinski definition) is 1. The summed E-state index contributed by atoms with van der Waals surface area (Å²) in [6, 6.07) is 16.5. The molecule has 2 aromatic heterocycles. The lowest BCUT2D eigenvalue weighted by Gasteiger charge is -2.24. The van der Waals surface area contributed by atoms with Crippen LogP contribution in [0.15, 0.2) is 60.9 Å². The summed E-state index contributed by atoms with van der Waals surface area (Å²) in [5.41, 5.74) is 5.81. The smallest absolute Gasteiger partial charge is 0.257 e. The number of para-hydroxylation sites is 1. The summed E-state index contributed by atoms with van der Waals surface area (Å²) in [5.74, 6) is 1.30. The van der Waals surface area contributed by atoms with Gasteiger partial charge in [-0.25, -0.2) is 9.97 Å². The van der Waals surface area contributed by atoms with E-state index < -0.39 is 0 Å². The maximum Gasteiger partial charge on any atom is 0.257 e. The molecule has 0 atom stereocenters. The molecular weight excluding hydrogens is 396 g/mol. The Bertz CT molecular complexity index is 1250. The van der Waals surface area contributed by atoms with Gasteiger partial charge in [0.05, 0.1) is 11.3 Å². The van der Waals surface area contributed by atoms with Crippen molar-refractivity contribution in [1.29, 1.82) is 0 Å². The van der Waals surface area contributed by atoms with E-state index in [-0.39, 0.29) is 5.91 Å². The Morgan fingerprint density at radius 3 is 2.66 bits per heavy atom. The molecule has 1 amide bonds. The van der Waals surface area contributed by atoms with Crippen LogP contribution in [0.4, 0.5) is 0 Å². The summed E-state index contributed by atoms with van der Waals surface area (Å²) in [7, 11) is 0. The van der Waals surface area contributed by atoms with Crippen molar-refractivity contribution < 1.29 is 4.79 Å². The third kappa shape index (κ3) is 4.28. The van der Waals surface area contributed by atoms with Gasteiger partial charge in [-0.15, -0.1) is 0 Å².